The van der Waals surface area contributed by atoms with Crippen molar-refractivity contribution in [1.29, 1.82) is 0 Å². The fraction of sp³-hybridized carbons (Fsp3) is 0. The molecule has 0 aliphatic rings. The van der Waals surface area contributed by atoms with Crippen LogP contribution in [0, 0.1) is 0 Å². The molecular formula is C20H18N4O4. The zero-order chi connectivity index (χ0) is 20.3. The van der Waals surface area contributed by atoms with Crippen LogP contribution in [0.5, 0.6) is 11.5 Å². The molecule has 0 heterocycles. The van der Waals surface area contributed by atoms with E-state index in [0.29, 0.717) is 22.5 Å². The number of hydrogen-bond donors (Lipinski definition) is 6. The molecule has 28 heavy (non-hydrogen) atoms. The van der Waals surface area contributed by atoms with Crippen molar-refractivity contribution in [2.45, 2.75) is 0 Å². The standard InChI is InChI=1S/C20H18N4O4/c21-13-5-1-11(2-6-13)19(27)23-15-9-18(26)16(10-17(15)25)24-20(28)12-3-7-14(22)8-4-12/h1-10,25-26H,21-22H2,(H,23,27)(H,24,28). The maximum absolute atomic E-state index is 12.2. The van der Waals surface area contributed by atoms with E-state index < -0.39 is 11.8 Å². The van der Waals surface area contributed by atoms with Crippen LogP contribution in [0.1, 0.15) is 20.7 Å². The fourth-order valence-electron chi connectivity index (χ4n) is 2.44. The smallest absolute Gasteiger partial charge is 0.255 e. The van der Waals surface area contributed by atoms with Gasteiger partial charge < -0.3 is 32.3 Å². The van der Waals surface area contributed by atoms with Crippen LogP contribution in [0.15, 0.2) is 60.7 Å². The van der Waals surface area contributed by atoms with Crippen molar-refractivity contribution in [3.05, 3.63) is 71.8 Å². The summed E-state index contributed by atoms with van der Waals surface area (Å²) in [6, 6.07) is 14.7. The van der Waals surface area contributed by atoms with Crippen molar-refractivity contribution in [1.82, 2.24) is 0 Å². The second-order valence-electron chi connectivity index (χ2n) is 6.04. The molecule has 0 saturated carbocycles. The van der Waals surface area contributed by atoms with Gasteiger partial charge in [0.1, 0.15) is 11.5 Å². The number of benzene rings is 3. The van der Waals surface area contributed by atoms with Gasteiger partial charge >= 0.3 is 0 Å². The largest absolute Gasteiger partial charge is 0.506 e. The number of phenols is 2. The average molecular weight is 378 g/mol. The molecule has 8 heteroatoms. The van der Waals surface area contributed by atoms with Crippen LogP contribution in [-0.2, 0) is 0 Å². The Hall–Kier alpha value is -4.20. The summed E-state index contributed by atoms with van der Waals surface area (Å²) in [7, 11) is 0. The molecule has 0 radical (unpaired) electrons. The van der Waals surface area contributed by atoms with Gasteiger partial charge in [0.15, 0.2) is 0 Å². The molecule has 0 bridgehead atoms. The molecule has 0 aliphatic heterocycles. The number of aromatic hydroxyl groups is 2. The van der Waals surface area contributed by atoms with Gasteiger partial charge in [-0.05, 0) is 48.5 Å². The first-order valence-corrected chi connectivity index (χ1v) is 8.23. The topological polar surface area (TPSA) is 151 Å². The number of amides is 2. The molecule has 0 spiro atoms. The van der Waals surface area contributed by atoms with Gasteiger partial charge in [-0.1, -0.05) is 0 Å². The van der Waals surface area contributed by atoms with Crippen LogP contribution in [0.3, 0.4) is 0 Å². The lowest BCUT2D eigenvalue weighted by Crippen LogP contribution is -2.13. The van der Waals surface area contributed by atoms with Crippen LogP contribution in [-0.4, -0.2) is 22.0 Å². The molecule has 0 aromatic heterocycles. The lowest BCUT2D eigenvalue weighted by molar-refractivity contribution is 0.101. The maximum Gasteiger partial charge on any atom is 0.255 e. The number of carbonyl (C=O) groups is 2. The molecule has 2 amide bonds. The van der Waals surface area contributed by atoms with E-state index in [1.807, 2.05) is 0 Å². The minimum absolute atomic E-state index is 0.00944. The molecule has 3 aromatic rings. The number of nitrogens with two attached hydrogens (primary N) is 2. The highest BCUT2D eigenvalue weighted by molar-refractivity contribution is 6.07. The third-order valence-corrected chi connectivity index (χ3v) is 3.96. The van der Waals surface area contributed by atoms with Crippen LogP contribution in [0.4, 0.5) is 22.7 Å². The maximum atomic E-state index is 12.2. The van der Waals surface area contributed by atoms with Gasteiger partial charge in [0.2, 0.25) is 0 Å². The van der Waals surface area contributed by atoms with Gasteiger partial charge in [0, 0.05) is 34.6 Å². The second-order valence-corrected chi connectivity index (χ2v) is 6.04. The van der Waals surface area contributed by atoms with Crippen LogP contribution in [0.2, 0.25) is 0 Å². The summed E-state index contributed by atoms with van der Waals surface area (Å²) < 4.78 is 0. The Balaban J connectivity index is 1.76. The Morgan fingerprint density at radius 3 is 1.29 bits per heavy atom. The highest BCUT2D eigenvalue weighted by atomic mass is 16.3. The van der Waals surface area contributed by atoms with Gasteiger partial charge in [-0.25, -0.2) is 0 Å². The predicted octanol–water partition coefficient (Wildman–Crippen LogP) is 2.77. The van der Waals surface area contributed by atoms with Crippen molar-refractivity contribution < 1.29 is 19.8 Å². The summed E-state index contributed by atoms with van der Waals surface area (Å²) in [4.78, 5) is 24.5. The molecule has 0 atom stereocenters. The Kier molecular flexibility index (Phi) is 5.03. The highest BCUT2D eigenvalue weighted by Crippen LogP contribution is 2.35. The molecule has 3 rings (SSSR count). The molecule has 142 valence electrons. The Morgan fingerprint density at radius 2 is 0.964 bits per heavy atom. The number of phenolic OH excluding ortho intramolecular Hbond substituents is 2. The number of nitrogen functional groups attached to an aromatic ring is 2. The van der Waals surface area contributed by atoms with Crippen molar-refractivity contribution in [3.63, 3.8) is 0 Å². The van der Waals surface area contributed by atoms with E-state index in [2.05, 4.69) is 10.6 Å². The minimum Gasteiger partial charge on any atom is -0.506 e. The number of hydrogen-bond acceptors (Lipinski definition) is 6. The van der Waals surface area contributed by atoms with Gasteiger partial charge in [0.05, 0.1) is 11.4 Å². The predicted molar refractivity (Wildman–Crippen MR) is 107 cm³/mol. The van der Waals surface area contributed by atoms with Crippen LogP contribution >= 0.6 is 0 Å². The first kappa shape index (κ1) is 18.6. The average Bonchev–Trinajstić information content (AvgIpc) is 2.66. The summed E-state index contributed by atoms with van der Waals surface area (Å²) in [5, 5.41) is 25.3. The normalized spacial score (nSPS) is 10.3. The molecule has 0 aliphatic carbocycles. The van der Waals surface area contributed by atoms with Crippen LogP contribution < -0.4 is 22.1 Å². The van der Waals surface area contributed by atoms with Crippen molar-refractivity contribution in [2.24, 2.45) is 0 Å². The number of nitrogens with one attached hydrogen (secondary N) is 2. The number of rotatable bonds is 4. The summed E-state index contributed by atoms with van der Waals surface area (Å²) in [6.07, 6.45) is 0. The lowest BCUT2D eigenvalue weighted by Gasteiger charge is -2.12. The van der Waals surface area contributed by atoms with E-state index in [9.17, 15) is 19.8 Å². The molecular weight excluding hydrogens is 360 g/mol. The van der Waals surface area contributed by atoms with Gasteiger partial charge in [-0.15, -0.1) is 0 Å². The third-order valence-electron chi connectivity index (χ3n) is 3.96. The Morgan fingerprint density at radius 1 is 0.643 bits per heavy atom. The fourth-order valence-corrected chi connectivity index (χ4v) is 2.44. The SMILES string of the molecule is Nc1ccc(C(=O)Nc2cc(O)c(NC(=O)c3ccc(N)cc3)cc2O)cc1. The lowest BCUT2D eigenvalue weighted by atomic mass is 10.1. The summed E-state index contributed by atoms with van der Waals surface area (Å²) in [5.41, 5.74) is 12.8. The zero-order valence-electron chi connectivity index (χ0n) is 14.6. The number of carbonyl (C=O) groups excluding carboxylic acids is 2. The molecule has 8 nitrogen and oxygen atoms in total. The second kappa shape index (κ2) is 7.58. The van der Waals surface area contributed by atoms with Crippen LogP contribution in [0.25, 0.3) is 0 Å². The minimum atomic E-state index is -0.492. The summed E-state index contributed by atoms with van der Waals surface area (Å²) in [5.74, 6) is -1.63. The Labute approximate surface area is 160 Å². The first-order chi connectivity index (χ1) is 13.3. The van der Waals surface area contributed by atoms with E-state index in [-0.39, 0.29) is 22.9 Å². The zero-order valence-corrected chi connectivity index (χ0v) is 14.6. The molecule has 0 unspecified atom stereocenters. The highest BCUT2D eigenvalue weighted by Gasteiger charge is 2.15. The van der Waals surface area contributed by atoms with E-state index in [1.165, 1.54) is 24.3 Å². The molecule has 3 aromatic carbocycles. The number of anilines is 4. The molecule has 8 N–H and O–H groups in total. The monoisotopic (exact) mass is 378 g/mol. The first-order valence-electron chi connectivity index (χ1n) is 8.23. The summed E-state index contributed by atoms with van der Waals surface area (Å²) >= 11 is 0. The van der Waals surface area contributed by atoms with Crippen molar-refractivity contribution >= 4 is 34.6 Å². The summed E-state index contributed by atoms with van der Waals surface area (Å²) in [6.45, 7) is 0. The van der Waals surface area contributed by atoms with Gasteiger partial charge in [-0.2, -0.15) is 0 Å². The molecule has 0 saturated heterocycles. The van der Waals surface area contributed by atoms with Crippen molar-refractivity contribution in [2.75, 3.05) is 22.1 Å². The Bertz CT molecular complexity index is 946. The van der Waals surface area contributed by atoms with Gasteiger partial charge in [-0.3, -0.25) is 9.59 Å². The van der Waals surface area contributed by atoms with E-state index in [0.717, 1.165) is 12.1 Å². The third kappa shape index (κ3) is 4.13. The molecule has 0 fully saturated rings. The van der Waals surface area contributed by atoms with E-state index in [1.54, 1.807) is 24.3 Å². The van der Waals surface area contributed by atoms with E-state index in [4.69, 9.17) is 11.5 Å². The van der Waals surface area contributed by atoms with Crippen molar-refractivity contribution in [3.8, 4) is 11.5 Å². The van der Waals surface area contributed by atoms with Gasteiger partial charge in [0.25, 0.3) is 11.8 Å². The van der Waals surface area contributed by atoms with E-state index >= 15 is 0 Å². The quantitative estimate of drug-likeness (QED) is 0.233.